The molecule has 0 heterocycles. The molecular formula is C15H23NO2. The van der Waals surface area contributed by atoms with Crippen LogP contribution in [0, 0.1) is 13.8 Å². The number of benzene rings is 1. The van der Waals surface area contributed by atoms with Gasteiger partial charge in [-0.3, -0.25) is 4.79 Å². The Bertz CT molecular complexity index is 456. The maximum absolute atomic E-state index is 12.1. The molecule has 0 fully saturated rings. The van der Waals surface area contributed by atoms with Crippen molar-refractivity contribution in [2.75, 3.05) is 0 Å². The van der Waals surface area contributed by atoms with E-state index in [-0.39, 0.29) is 5.91 Å². The highest BCUT2D eigenvalue weighted by Gasteiger charge is 2.36. The Labute approximate surface area is 109 Å². The van der Waals surface area contributed by atoms with Gasteiger partial charge in [0.25, 0.3) is 5.91 Å². The summed E-state index contributed by atoms with van der Waals surface area (Å²) >= 11 is 0. The summed E-state index contributed by atoms with van der Waals surface area (Å²) in [5, 5.41) is 12.9. The van der Waals surface area contributed by atoms with E-state index in [1.807, 2.05) is 39.8 Å². The van der Waals surface area contributed by atoms with Gasteiger partial charge in [-0.15, -0.1) is 0 Å². The third-order valence-electron chi connectivity index (χ3n) is 3.72. The molecule has 0 spiro atoms. The monoisotopic (exact) mass is 249 g/mol. The fraction of sp³-hybridized carbons (Fsp3) is 0.533. The largest absolute Gasteiger partial charge is 0.388 e. The van der Waals surface area contributed by atoms with Crippen LogP contribution >= 0.6 is 0 Å². The van der Waals surface area contributed by atoms with Crippen LogP contribution in [0.5, 0.6) is 0 Å². The minimum Gasteiger partial charge on any atom is -0.388 e. The van der Waals surface area contributed by atoms with Gasteiger partial charge in [-0.25, -0.2) is 0 Å². The van der Waals surface area contributed by atoms with E-state index in [0.29, 0.717) is 5.56 Å². The second-order valence-electron chi connectivity index (χ2n) is 5.94. The molecule has 0 saturated carbocycles. The molecule has 0 aliphatic rings. The summed E-state index contributed by atoms with van der Waals surface area (Å²) in [6.45, 7) is 11.0. The Hall–Kier alpha value is -1.35. The van der Waals surface area contributed by atoms with Crippen molar-refractivity contribution >= 4 is 5.91 Å². The molecule has 1 amide bonds. The summed E-state index contributed by atoms with van der Waals surface area (Å²) in [4.78, 5) is 12.1. The van der Waals surface area contributed by atoms with E-state index >= 15 is 0 Å². The molecule has 0 bridgehead atoms. The lowest BCUT2D eigenvalue weighted by atomic mass is 9.85. The summed E-state index contributed by atoms with van der Waals surface area (Å²) in [6.07, 6.45) is 0. The second kappa shape index (κ2) is 4.73. The first-order chi connectivity index (χ1) is 8.04. The lowest BCUT2D eigenvalue weighted by molar-refractivity contribution is -0.00292. The van der Waals surface area contributed by atoms with Crippen LogP contribution in [0.4, 0.5) is 0 Å². The molecule has 0 radical (unpaired) electrons. The number of nitrogens with one attached hydrogen (secondary N) is 1. The molecule has 0 aliphatic heterocycles. The van der Waals surface area contributed by atoms with Crippen LogP contribution in [0.15, 0.2) is 18.2 Å². The maximum atomic E-state index is 12.1. The lowest BCUT2D eigenvalue weighted by Crippen LogP contribution is -2.57. The fourth-order valence-corrected chi connectivity index (χ4v) is 1.39. The summed E-state index contributed by atoms with van der Waals surface area (Å²) in [6, 6.07) is 5.60. The topological polar surface area (TPSA) is 49.3 Å². The summed E-state index contributed by atoms with van der Waals surface area (Å²) in [5.41, 5.74) is 1.19. The van der Waals surface area contributed by atoms with Gasteiger partial charge >= 0.3 is 0 Å². The Morgan fingerprint density at radius 3 is 2.11 bits per heavy atom. The Morgan fingerprint density at radius 1 is 1.11 bits per heavy atom. The predicted octanol–water partition coefficient (Wildman–Crippen LogP) is 2.58. The zero-order valence-corrected chi connectivity index (χ0v) is 12.1. The van der Waals surface area contributed by atoms with E-state index < -0.39 is 11.1 Å². The molecule has 0 unspecified atom stereocenters. The van der Waals surface area contributed by atoms with Gasteiger partial charge in [-0.1, -0.05) is 6.07 Å². The van der Waals surface area contributed by atoms with Crippen molar-refractivity contribution in [1.82, 2.24) is 5.32 Å². The normalized spacial score (nSPS) is 12.4. The summed E-state index contributed by atoms with van der Waals surface area (Å²) in [5.74, 6) is -0.162. The minimum atomic E-state index is -0.984. The van der Waals surface area contributed by atoms with Crippen molar-refractivity contribution in [3.63, 3.8) is 0 Å². The van der Waals surface area contributed by atoms with E-state index in [4.69, 9.17) is 0 Å². The van der Waals surface area contributed by atoms with Crippen LogP contribution < -0.4 is 5.32 Å². The zero-order valence-electron chi connectivity index (χ0n) is 12.1. The SMILES string of the molecule is Cc1ccc(C(=O)NC(C)(C)C(C)(C)O)cc1C. The molecule has 1 aromatic carbocycles. The highest BCUT2D eigenvalue weighted by Crippen LogP contribution is 2.21. The third kappa shape index (κ3) is 3.10. The van der Waals surface area contributed by atoms with Gasteiger partial charge in [0.15, 0.2) is 0 Å². The molecule has 1 aromatic rings. The van der Waals surface area contributed by atoms with Gasteiger partial charge < -0.3 is 10.4 Å². The van der Waals surface area contributed by atoms with E-state index in [0.717, 1.165) is 11.1 Å². The average molecular weight is 249 g/mol. The van der Waals surface area contributed by atoms with Gasteiger partial charge in [0, 0.05) is 5.56 Å². The molecular weight excluding hydrogens is 226 g/mol. The molecule has 0 aromatic heterocycles. The molecule has 3 nitrogen and oxygen atoms in total. The molecule has 3 heteroatoms. The number of hydrogen-bond donors (Lipinski definition) is 2. The molecule has 0 aliphatic carbocycles. The van der Waals surface area contributed by atoms with Crippen LogP contribution in [0.2, 0.25) is 0 Å². The number of carbonyl (C=O) groups is 1. The predicted molar refractivity (Wildman–Crippen MR) is 73.8 cm³/mol. The number of carbonyl (C=O) groups excluding carboxylic acids is 1. The van der Waals surface area contributed by atoms with E-state index in [9.17, 15) is 9.90 Å². The molecule has 2 N–H and O–H groups in total. The standard InChI is InChI=1S/C15H23NO2/c1-10-7-8-12(9-11(10)2)13(17)16-14(3,4)15(5,6)18/h7-9,18H,1-6H3,(H,16,17). The van der Waals surface area contributed by atoms with Crippen molar-refractivity contribution < 1.29 is 9.90 Å². The first-order valence-corrected chi connectivity index (χ1v) is 6.17. The van der Waals surface area contributed by atoms with Crippen LogP contribution in [0.25, 0.3) is 0 Å². The number of aliphatic hydroxyl groups is 1. The van der Waals surface area contributed by atoms with Gasteiger partial charge in [0.05, 0.1) is 11.1 Å². The Kier molecular flexibility index (Phi) is 3.86. The molecule has 0 saturated heterocycles. The first-order valence-electron chi connectivity index (χ1n) is 6.17. The smallest absolute Gasteiger partial charge is 0.251 e. The summed E-state index contributed by atoms with van der Waals surface area (Å²) in [7, 11) is 0. The third-order valence-corrected chi connectivity index (χ3v) is 3.72. The summed E-state index contributed by atoms with van der Waals surface area (Å²) < 4.78 is 0. The minimum absolute atomic E-state index is 0.162. The van der Waals surface area contributed by atoms with Crippen molar-refractivity contribution in [3.05, 3.63) is 34.9 Å². The number of amides is 1. The fourth-order valence-electron chi connectivity index (χ4n) is 1.39. The Morgan fingerprint density at radius 2 is 1.67 bits per heavy atom. The molecule has 0 atom stereocenters. The quantitative estimate of drug-likeness (QED) is 0.865. The van der Waals surface area contributed by atoms with Crippen LogP contribution in [0.1, 0.15) is 49.2 Å². The van der Waals surface area contributed by atoms with Crippen molar-refractivity contribution in [1.29, 1.82) is 0 Å². The highest BCUT2D eigenvalue weighted by atomic mass is 16.3. The van der Waals surface area contributed by atoms with Crippen LogP contribution in [0.3, 0.4) is 0 Å². The highest BCUT2D eigenvalue weighted by molar-refractivity contribution is 5.95. The van der Waals surface area contributed by atoms with E-state index in [2.05, 4.69) is 5.32 Å². The second-order valence-corrected chi connectivity index (χ2v) is 5.94. The lowest BCUT2D eigenvalue weighted by Gasteiger charge is -2.38. The van der Waals surface area contributed by atoms with Gasteiger partial charge in [0.1, 0.15) is 0 Å². The first kappa shape index (κ1) is 14.7. The van der Waals surface area contributed by atoms with Crippen molar-refractivity contribution in [2.24, 2.45) is 0 Å². The molecule has 1 rings (SSSR count). The van der Waals surface area contributed by atoms with Gasteiger partial charge in [0.2, 0.25) is 0 Å². The van der Waals surface area contributed by atoms with Crippen molar-refractivity contribution in [3.8, 4) is 0 Å². The number of hydrogen-bond acceptors (Lipinski definition) is 2. The zero-order chi connectivity index (χ0) is 14.1. The van der Waals surface area contributed by atoms with Gasteiger partial charge in [-0.05, 0) is 64.8 Å². The molecule has 18 heavy (non-hydrogen) atoms. The van der Waals surface area contributed by atoms with E-state index in [1.165, 1.54) is 0 Å². The Balaban J connectivity index is 2.93. The van der Waals surface area contributed by atoms with Crippen molar-refractivity contribution in [2.45, 2.75) is 52.7 Å². The average Bonchev–Trinajstić information content (AvgIpc) is 2.19. The van der Waals surface area contributed by atoms with Gasteiger partial charge in [-0.2, -0.15) is 0 Å². The maximum Gasteiger partial charge on any atom is 0.251 e. The van der Waals surface area contributed by atoms with Crippen LogP contribution in [-0.2, 0) is 0 Å². The molecule has 100 valence electrons. The number of aryl methyl sites for hydroxylation is 2. The van der Waals surface area contributed by atoms with Crippen LogP contribution in [-0.4, -0.2) is 22.2 Å². The number of rotatable bonds is 3. The van der Waals surface area contributed by atoms with E-state index in [1.54, 1.807) is 19.9 Å².